The summed E-state index contributed by atoms with van der Waals surface area (Å²) < 4.78 is 2.10. The van der Waals surface area contributed by atoms with E-state index >= 15 is 0 Å². The molecule has 4 nitrogen and oxygen atoms in total. The predicted octanol–water partition coefficient (Wildman–Crippen LogP) is 3.04. The zero-order chi connectivity index (χ0) is 12.8. The Balaban J connectivity index is 2.24. The smallest absolute Gasteiger partial charge is 0.113 e. The first-order valence-corrected chi connectivity index (χ1v) is 6.56. The highest BCUT2D eigenvalue weighted by Gasteiger charge is 2.05. The third-order valence-electron chi connectivity index (χ3n) is 2.77. The molecule has 0 unspecified atom stereocenters. The number of aromatic nitrogens is 3. The first-order valence-electron chi connectivity index (χ1n) is 6.56. The number of nitrogens with one attached hydrogen (secondary N) is 1. The standard InChI is InChI=1S/C14H20N4/c1-3-5-14-17-7-8-18(14)13-9-12(10-15-11-13)16-6-4-2/h7-11,16H,3-6H2,1-2H3. The Labute approximate surface area is 108 Å². The largest absolute Gasteiger partial charge is 0.384 e. The molecule has 0 aromatic carbocycles. The zero-order valence-electron chi connectivity index (χ0n) is 11.1. The van der Waals surface area contributed by atoms with E-state index in [1.165, 1.54) is 0 Å². The molecule has 0 aliphatic rings. The van der Waals surface area contributed by atoms with Crippen LogP contribution in [0, 0.1) is 0 Å². The van der Waals surface area contributed by atoms with E-state index in [0.29, 0.717) is 0 Å². The van der Waals surface area contributed by atoms with Crippen LogP contribution in [0.5, 0.6) is 0 Å². The van der Waals surface area contributed by atoms with E-state index in [2.05, 4.69) is 39.8 Å². The van der Waals surface area contributed by atoms with Crippen LogP contribution in [0.15, 0.2) is 30.9 Å². The molecule has 0 atom stereocenters. The molecule has 18 heavy (non-hydrogen) atoms. The lowest BCUT2D eigenvalue weighted by Crippen LogP contribution is -2.04. The van der Waals surface area contributed by atoms with Crippen LogP contribution < -0.4 is 5.32 Å². The summed E-state index contributed by atoms with van der Waals surface area (Å²) in [7, 11) is 0. The Morgan fingerprint density at radius 3 is 2.89 bits per heavy atom. The quantitative estimate of drug-likeness (QED) is 0.849. The van der Waals surface area contributed by atoms with E-state index in [-0.39, 0.29) is 0 Å². The van der Waals surface area contributed by atoms with E-state index in [9.17, 15) is 0 Å². The Bertz CT molecular complexity index is 490. The van der Waals surface area contributed by atoms with Gasteiger partial charge in [0.15, 0.2) is 0 Å². The van der Waals surface area contributed by atoms with E-state index in [4.69, 9.17) is 0 Å². The van der Waals surface area contributed by atoms with Crippen LogP contribution in [0.25, 0.3) is 5.69 Å². The summed E-state index contributed by atoms with van der Waals surface area (Å²) >= 11 is 0. The average Bonchev–Trinajstić information content (AvgIpc) is 2.85. The second kappa shape index (κ2) is 6.19. The number of aryl methyl sites for hydroxylation is 1. The molecule has 2 aromatic rings. The number of hydrogen-bond acceptors (Lipinski definition) is 3. The molecule has 0 amide bonds. The van der Waals surface area contributed by atoms with Gasteiger partial charge >= 0.3 is 0 Å². The molecule has 0 fully saturated rings. The fourth-order valence-electron chi connectivity index (χ4n) is 1.90. The van der Waals surface area contributed by atoms with Crippen LogP contribution in [-0.2, 0) is 6.42 Å². The van der Waals surface area contributed by atoms with Gasteiger partial charge < -0.3 is 9.88 Å². The topological polar surface area (TPSA) is 42.7 Å². The number of nitrogens with zero attached hydrogens (tertiary/aromatic N) is 3. The molecule has 0 saturated carbocycles. The summed E-state index contributed by atoms with van der Waals surface area (Å²) in [5, 5.41) is 3.35. The molecule has 0 aliphatic carbocycles. The maximum atomic E-state index is 4.39. The number of anilines is 1. The Morgan fingerprint density at radius 1 is 1.22 bits per heavy atom. The highest BCUT2D eigenvalue weighted by molar-refractivity contribution is 5.48. The lowest BCUT2D eigenvalue weighted by atomic mass is 10.3. The summed E-state index contributed by atoms with van der Waals surface area (Å²) in [6, 6.07) is 2.11. The number of rotatable bonds is 6. The molecule has 0 spiro atoms. The van der Waals surface area contributed by atoms with Crippen molar-refractivity contribution < 1.29 is 0 Å². The number of imidazole rings is 1. The first-order chi connectivity index (χ1) is 8.85. The first kappa shape index (κ1) is 12.6. The van der Waals surface area contributed by atoms with Gasteiger partial charge in [-0.15, -0.1) is 0 Å². The van der Waals surface area contributed by atoms with Crippen LogP contribution in [0.3, 0.4) is 0 Å². The second-order valence-electron chi connectivity index (χ2n) is 4.32. The van der Waals surface area contributed by atoms with Gasteiger partial charge in [0.2, 0.25) is 0 Å². The average molecular weight is 244 g/mol. The van der Waals surface area contributed by atoms with Gasteiger partial charge in [0.25, 0.3) is 0 Å². The van der Waals surface area contributed by atoms with Crippen molar-refractivity contribution in [2.75, 3.05) is 11.9 Å². The minimum absolute atomic E-state index is 0.969. The summed E-state index contributed by atoms with van der Waals surface area (Å²) in [4.78, 5) is 8.67. The fourth-order valence-corrected chi connectivity index (χ4v) is 1.90. The molecule has 1 N–H and O–H groups in total. The van der Waals surface area contributed by atoms with Gasteiger partial charge in [0, 0.05) is 25.4 Å². The third-order valence-corrected chi connectivity index (χ3v) is 2.77. The van der Waals surface area contributed by atoms with Gasteiger partial charge in [-0.3, -0.25) is 4.98 Å². The summed E-state index contributed by atoms with van der Waals surface area (Å²) in [6.07, 6.45) is 10.8. The molecular formula is C14H20N4. The van der Waals surface area contributed by atoms with E-state index in [1.807, 2.05) is 24.8 Å². The fraction of sp³-hybridized carbons (Fsp3) is 0.429. The maximum Gasteiger partial charge on any atom is 0.113 e. The molecule has 0 aliphatic heterocycles. The second-order valence-corrected chi connectivity index (χ2v) is 4.32. The van der Waals surface area contributed by atoms with E-state index in [0.717, 1.165) is 43.0 Å². The van der Waals surface area contributed by atoms with Crippen molar-refractivity contribution in [2.45, 2.75) is 33.1 Å². The molecule has 0 bridgehead atoms. The minimum Gasteiger partial charge on any atom is -0.384 e. The van der Waals surface area contributed by atoms with Crippen molar-refractivity contribution in [3.63, 3.8) is 0 Å². The lowest BCUT2D eigenvalue weighted by molar-refractivity contribution is 0.807. The van der Waals surface area contributed by atoms with Crippen molar-refractivity contribution in [3.8, 4) is 5.69 Å². The van der Waals surface area contributed by atoms with Crippen LogP contribution in [-0.4, -0.2) is 21.1 Å². The van der Waals surface area contributed by atoms with E-state index < -0.39 is 0 Å². The highest BCUT2D eigenvalue weighted by Crippen LogP contribution is 2.15. The van der Waals surface area contributed by atoms with Crippen molar-refractivity contribution in [1.82, 2.24) is 14.5 Å². The SMILES string of the molecule is CCCNc1cncc(-n2ccnc2CCC)c1. The van der Waals surface area contributed by atoms with Crippen molar-refractivity contribution in [1.29, 1.82) is 0 Å². The maximum absolute atomic E-state index is 4.39. The van der Waals surface area contributed by atoms with Gasteiger partial charge in [-0.05, 0) is 18.9 Å². The molecule has 2 rings (SSSR count). The van der Waals surface area contributed by atoms with Gasteiger partial charge in [0.1, 0.15) is 5.82 Å². The zero-order valence-corrected chi connectivity index (χ0v) is 11.1. The normalized spacial score (nSPS) is 10.6. The molecule has 96 valence electrons. The molecule has 2 aromatic heterocycles. The molecule has 0 saturated heterocycles. The Morgan fingerprint density at radius 2 is 2.11 bits per heavy atom. The van der Waals surface area contributed by atoms with Crippen molar-refractivity contribution in [3.05, 3.63) is 36.7 Å². The lowest BCUT2D eigenvalue weighted by Gasteiger charge is -2.09. The monoisotopic (exact) mass is 244 g/mol. The minimum atomic E-state index is 0.969. The van der Waals surface area contributed by atoms with E-state index in [1.54, 1.807) is 0 Å². The van der Waals surface area contributed by atoms with Crippen molar-refractivity contribution in [2.24, 2.45) is 0 Å². The molecule has 2 heterocycles. The summed E-state index contributed by atoms with van der Waals surface area (Å²) in [6.45, 7) is 5.28. The predicted molar refractivity (Wildman–Crippen MR) is 74.1 cm³/mol. The van der Waals surface area contributed by atoms with Gasteiger partial charge in [-0.25, -0.2) is 4.98 Å². The molecular weight excluding hydrogens is 224 g/mol. The third kappa shape index (κ3) is 2.88. The highest BCUT2D eigenvalue weighted by atomic mass is 15.1. The van der Waals surface area contributed by atoms with Crippen LogP contribution >= 0.6 is 0 Å². The van der Waals surface area contributed by atoms with Gasteiger partial charge in [-0.1, -0.05) is 13.8 Å². The summed E-state index contributed by atoms with van der Waals surface area (Å²) in [5.74, 6) is 1.09. The van der Waals surface area contributed by atoms with Crippen LogP contribution in [0.2, 0.25) is 0 Å². The molecule has 4 heteroatoms. The van der Waals surface area contributed by atoms with Gasteiger partial charge in [0.05, 0.1) is 23.8 Å². The van der Waals surface area contributed by atoms with Crippen LogP contribution in [0.4, 0.5) is 5.69 Å². The van der Waals surface area contributed by atoms with Crippen LogP contribution in [0.1, 0.15) is 32.5 Å². The Kier molecular flexibility index (Phi) is 4.34. The summed E-state index contributed by atoms with van der Waals surface area (Å²) in [5.41, 5.74) is 2.13. The molecule has 0 radical (unpaired) electrons. The van der Waals surface area contributed by atoms with Gasteiger partial charge in [-0.2, -0.15) is 0 Å². The van der Waals surface area contributed by atoms with Crippen molar-refractivity contribution >= 4 is 5.69 Å². The number of pyridine rings is 1. The number of hydrogen-bond donors (Lipinski definition) is 1. The Hall–Kier alpha value is -1.84.